The molecule has 1 aromatic heterocycles. The first-order valence-corrected chi connectivity index (χ1v) is 6.58. The highest BCUT2D eigenvalue weighted by Gasteiger charge is 2.18. The Morgan fingerprint density at radius 2 is 2.00 bits per heavy atom. The Bertz CT molecular complexity index is 389. The zero-order valence-electron chi connectivity index (χ0n) is 8.76. The van der Waals surface area contributed by atoms with Gasteiger partial charge in [-0.15, -0.1) is 0 Å². The highest BCUT2D eigenvalue weighted by atomic mass is 32.2. The number of nitrogens with zero attached hydrogens (tertiary/aromatic N) is 1. The summed E-state index contributed by atoms with van der Waals surface area (Å²) in [6, 6.07) is 3.64. The Balaban J connectivity index is 2.58. The standard InChI is InChI=1S/C10H16N2O2S/c1-9(8-11)15(13,14)7-4-10-2-5-12-6-3-10/h2-3,5-6,9H,4,7-8,11H2,1H3. The van der Waals surface area contributed by atoms with Crippen LogP contribution in [0.2, 0.25) is 0 Å². The van der Waals surface area contributed by atoms with Crippen LogP contribution in [-0.4, -0.2) is 30.9 Å². The van der Waals surface area contributed by atoms with E-state index in [9.17, 15) is 8.42 Å². The average Bonchev–Trinajstić information content (AvgIpc) is 2.27. The van der Waals surface area contributed by atoms with Crippen molar-refractivity contribution in [1.82, 2.24) is 4.98 Å². The fourth-order valence-electron chi connectivity index (χ4n) is 1.16. The fraction of sp³-hybridized carbons (Fsp3) is 0.500. The van der Waals surface area contributed by atoms with Crippen molar-refractivity contribution in [3.8, 4) is 0 Å². The van der Waals surface area contributed by atoms with Crippen LogP contribution in [0.1, 0.15) is 12.5 Å². The van der Waals surface area contributed by atoms with Gasteiger partial charge in [0, 0.05) is 18.9 Å². The third-order valence-electron chi connectivity index (χ3n) is 2.37. The van der Waals surface area contributed by atoms with Crippen molar-refractivity contribution in [3.63, 3.8) is 0 Å². The van der Waals surface area contributed by atoms with Gasteiger partial charge in [-0.3, -0.25) is 4.98 Å². The van der Waals surface area contributed by atoms with Crippen LogP contribution in [0.5, 0.6) is 0 Å². The van der Waals surface area contributed by atoms with Gasteiger partial charge in [0.05, 0.1) is 11.0 Å². The number of hydrogen-bond acceptors (Lipinski definition) is 4. The van der Waals surface area contributed by atoms with Crippen molar-refractivity contribution in [1.29, 1.82) is 0 Å². The van der Waals surface area contributed by atoms with Gasteiger partial charge in [-0.1, -0.05) is 0 Å². The summed E-state index contributed by atoms with van der Waals surface area (Å²) in [6.45, 7) is 1.82. The van der Waals surface area contributed by atoms with Gasteiger partial charge >= 0.3 is 0 Å². The Hall–Kier alpha value is -0.940. The number of aryl methyl sites for hydroxylation is 1. The molecule has 4 nitrogen and oxygen atoms in total. The van der Waals surface area contributed by atoms with E-state index in [4.69, 9.17) is 5.73 Å². The summed E-state index contributed by atoms with van der Waals surface area (Å²) in [4.78, 5) is 3.87. The van der Waals surface area contributed by atoms with Crippen LogP contribution in [-0.2, 0) is 16.3 Å². The molecule has 0 saturated heterocycles. The number of aromatic nitrogens is 1. The number of nitrogens with two attached hydrogens (primary N) is 1. The molecule has 0 aromatic carbocycles. The van der Waals surface area contributed by atoms with Gasteiger partial charge in [0.2, 0.25) is 0 Å². The maximum atomic E-state index is 11.6. The van der Waals surface area contributed by atoms with E-state index in [0.29, 0.717) is 6.42 Å². The molecule has 0 fully saturated rings. The molecule has 15 heavy (non-hydrogen) atoms. The average molecular weight is 228 g/mol. The molecule has 1 unspecified atom stereocenters. The summed E-state index contributed by atoms with van der Waals surface area (Å²) >= 11 is 0. The van der Waals surface area contributed by atoms with Crippen LogP contribution >= 0.6 is 0 Å². The van der Waals surface area contributed by atoms with Gasteiger partial charge < -0.3 is 5.73 Å². The number of pyridine rings is 1. The van der Waals surface area contributed by atoms with Gasteiger partial charge in [0.15, 0.2) is 9.84 Å². The van der Waals surface area contributed by atoms with E-state index in [-0.39, 0.29) is 12.3 Å². The quantitative estimate of drug-likeness (QED) is 0.791. The van der Waals surface area contributed by atoms with E-state index < -0.39 is 15.1 Å². The lowest BCUT2D eigenvalue weighted by Gasteiger charge is -2.09. The van der Waals surface area contributed by atoms with Crippen molar-refractivity contribution >= 4 is 9.84 Å². The van der Waals surface area contributed by atoms with Crippen molar-refractivity contribution in [3.05, 3.63) is 30.1 Å². The van der Waals surface area contributed by atoms with Crippen LogP contribution in [0.15, 0.2) is 24.5 Å². The van der Waals surface area contributed by atoms with Crippen LogP contribution in [0.3, 0.4) is 0 Å². The minimum Gasteiger partial charge on any atom is -0.329 e. The Labute approximate surface area is 90.4 Å². The molecule has 0 aliphatic heterocycles. The minimum atomic E-state index is -3.05. The normalized spacial score (nSPS) is 13.7. The molecular weight excluding hydrogens is 212 g/mol. The van der Waals surface area contributed by atoms with Gasteiger partial charge in [0.25, 0.3) is 0 Å². The summed E-state index contributed by atoms with van der Waals surface area (Å²) in [5.74, 6) is 0.148. The Morgan fingerprint density at radius 1 is 1.40 bits per heavy atom. The van der Waals surface area contributed by atoms with E-state index >= 15 is 0 Å². The largest absolute Gasteiger partial charge is 0.329 e. The van der Waals surface area contributed by atoms with Crippen molar-refractivity contribution in [2.45, 2.75) is 18.6 Å². The molecule has 1 rings (SSSR count). The van der Waals surface area contributed by atoms with E-state index in [0.717, 1.165) is 5.56 Å². The first-order valence-electron chi connectivity index (χ1n) is 4.87. The molecule has 1 heterocycles. The summed E-state index contributed by atoms with van der Waals surface area (Å²) in [5, 5.41) is -0.459. The molecule has 0 spiro atoms. The monoisotopic (exact) mass is 228 g/mol. The lowest BCUT2D eigenvalue weighted by atomic mass is 10.2. The zero-order chi connectivity index (χ0) is 11.3. The fourth-order valence-corrected chi connectivity index (χ4v) is 2.37. The van der Waals surface area contributed by atoms with E-state index in [2.05, 4.69) is 4.98 Å². The van der Waals surface area contributed by atoms with Crippen molar-refractivity contribution in [2.24, 2.45) is 5.73 Å². The summed E-state index contributed by atoms with van der Waals surface area (Å²) < 4.78 is 23.3. The second-order valence-electron chi connectivity index (χ2n) is 3.52. The third kappa shape index (κ3) is 3.60. The summed E-state index contributed by atoms with van der Waals surface area (Å²) in [5.41, 5.74) is 6.32. The van der Waals surface area contributed by atoms with E-state index in [1.165, 1.54) is 0 Å². The maximum Gasteiger partial charge on any atom is 0.154 e. The van der Waals surface area contributed by atoms with Crippen molar-refractivity contribution < 1.29 is 8.42 Å². The molecule has 0 bridgehead atoms. The second-order valence-corrected chi connectivity index (χ2v) is 6.06. The molecule has 0 aliphatic rings. The van der Waals surface area contributed by atoms with Crippen LogP contribution in [0.25, 0.3) is 0 Å². The highest BCUT2D eigenvalue weighted by Crippen LogP contribution is 2.05. The lowest BCUT2D eigenvalue weighted by molar-refractivity contribution is 0.583. The predicted molar refractivity (Wildman–Crippen MR) is 60.2 cm³/mol. The smallest absolute Gasteiger partial charge is 0.154 e. The molecule has 1 aromatic rings. The van der Waals surface area contributed by atoms with Gasteiger partial charge in [-0.25, -0.2) is 8.42 Å². The van der Waals surface area contributed by atoms with Gasteiger partial charge in [-0.2, -0.15) is 0 Å². The maximum absolute atomic E-state index is 11.6. The summed E-state index contributed by atoms with van der Waals surface area (Å²) in [6.07, 6.45) is 3.85. The van der Waals surface area contributed by atoms with E-state index in [1.807, 2.05) is 12.1 Å². The second kappa shape index (κ2) is 5.23. The Kier molecular flexibility index (Phi) is 4.23. The molecule has 84 valence electrons. The first kappa shape index (κ1) is 12.1. The Morgan fingerprint density at radius 3 is 2.53 bits per heavy atom. The van der Waals surface area contributed by atoms with Crippen molar-refractivity contribution in [2.75, 3.05) is 12.3 Å². The predicted octanol–water partition coefficient (Wildman–Crippen LogP) is 0.386. The first-order chi connectivity index (χ1) is 7.06. The zero-order valence-corrected chi connectivity index (χ0v) is 9.57. The highest BCUT2D eigenvalue weighted by molar-refractivity contribution is 7.92. The van der Waals surface area contributed by atoms with Gasteiger partial charge in [-0.05, 0) is 31.0 Å². The minimum absolute atomic E-state index is 0.148. The molecule has 2 N–H and O–H groups in total. The lowest BCUT2D eigenvalue weighted by Crippen LogP contribution is -2.29. The molecule has 0 radical (unpaired) electrons. The topological polar surface area (TPSA) is 73.1 Å². The van der Waals surface area contributed by atoms with E-state index in [1.54, 1.807) is 19.3 Å². The molecule has 0 aliphatic carbocycles. The number of sulfone groups is 1. The molecule has 5 heteroatoms. The van der Waals surface area contributed by atoms with Gasteiger partial charge in [0.1, 0.15) is 0 Å². The SMILES string of the molecule is CC(CN)S(=O)(=O)CCc1ccncc1. The number of hydrogen-bond donors (Lipinski definition) is 1. The molecule has 0 saturated carbocycles. The summed E-state index contributed by atoms with van der Waals surface area (Å²) in [7, 11) is -3.05. The number of rotatable bonds is 5. The molecular formula is C10H16N2O2S. The molecule has 0 amide bonds. The van der Waals surface area contributed by atoms with Crippen LogP contribution in [0.4, 0.5) is 0 Å². The third-order valence-corrected chi connectivity index (χ3v) is 4.56. The van der Waals surface area contributed by atoms with Crippen LogP contribution in [0, 0.1) is 0 Å². The molecule has 1 atom stereocenters. The van der Waals surface area contributed by atoms with Crippen LogP contribution < -0.4 is 5.73 Å².